The van der Waals surface area contributed by atoms with Crippen LogP contribution in [0.2, 0.25) is 5.15 Å². The molecular formula is C13H15ClN2O2. The van der Waals surface area contributed by atoms with Gasteiger partial charge in [0.25, 0.3) is 0 Å². The number of aliphatic carboxylic acids is 1. The predicted octanol–water partition coefficient (Wildman–Crippen LogP) is 3.07. The van der Waals surface area contributed by atoms with Crippen molar-refractivity contribution in [1.82, 2.24) is 9.55 Å². The Balaban J connectivity index is 2.71. The summed E-state index contributed by atoms with van der Waals surface area (Å²) in [5.41, 5.74) is 1.69. The highest BCUT2D eigenvalue weighted by atomic mass is 35.5. The van der Waals surface area contributed by atoms with Gasteiger partial charge in [0.1, 0.15) is 17.3 Å². The fourth-order valence-electron chi connectivity index (χ4n) is 2.06. The van der Waals surface area contributed by atoms with E-state index >= 15 is 0 Å². The molecule has 1 N–H and O–H groups in total. The van der Waals surface area contributed by atoms with Crippen LogP contribution in [0, 0.1) is 0 Å². The highest BCUT2D eigenvalue weighted by molar-refractivity contribution is 6.31. The third kappa shape index (κ3) is 2.20. The number of carboxylic acid groups (broad SMARTS) is 1. The molecule has 0 unspecified atom stereocenters. The van der Waals surface area contributed by atoms with Gasteiger partial charge < -0.3 is 9.67 Å². The van der Waals surface area contributed by atoms with Crippen LogP contribution in [0.1, 0.15) is 26.3 Å². The van der Waals surface area contributed by atoms with Crippen molar-refractivity contribution >= 4 is 28.6 Å². The zero-order valence-electron chi connectivity index (χ0n) is 10.6. The Kier molecular flexibility index (Phi) is 3.07. The van der Waals surface area contributed by atoms with Crippen molar-refractivity contribution in [3.63, 3.8) is 0 Å². The highest BCUT2D eigenvalue weighted by Gasteiger charge is 2.20. The molecule has 0 aliphatic heterocycles. The lowest BCUT2D eigenvalue weighted by Crippen LogP contribution is -2.13. The lowest BCUT2D eigenvalue weighted by atomic mass is 9.86. The summed E-state index contributed by atoms with van der Waals surface area (Å²) < 4.78 is 1.51. The summed E-state index contributed by atoms with van der Waals surface area (Å²) in [6.45, 7) is 6.13. The zero-order valence-corrected chi connectivity index (χ0v) is 11.3. The van der Waals surface area contributed by atoms with Crippen molar-refractivity contribution in [3.05, 3.63) is 29.0 Å². The molecule has 0 radical (unpaired) electrons. The van der Waals surface area contributed by atoms with Gasteiger partial charge in [-0.2, -0.15) is 0 Å². The van der Waals surface area contributed by atoms with E-state index in [1.807, 2.05) is 6.07 Å². The van der Waals surface area contributed by atoms with Crippen molar-refractivity contribution < 1.29 is 9.90 Å². The largest absolute Gasteiger partial charge is 0.480 e. The predicted molar refractivity (Wildman–Crippen MR) is 71.1 cm³/mol. The average Bonchev–Trinajstić information content (AvgIpc) is 2.53. The minimum atomic E-state index is -0.933. The molecule has 0 spiro atoms. The number of carbonyl (C=O) groups is 1. The van der Waals surface area contributed by atoms with Crippen LogP contribution < -0.4 is 0 Å². The topological polar surface area (TPSA) is 55.1 Å². The van der Waals surface area contributed by atoms with E-state index in [0.29, 0.717) is 10.8 Å². The van der Waals surface area contributed by atoms with Crippen LogP contribution in [0.5, 0.6) is 0 Å². The first-order valence-electron chi connectivity index (χ1n) is 5.66. The molecular weight excluding hydrogens is 252 g/mol. The summed E-state index contributed by atoms with van der Waals surface area (Å²) in [4.78, 5) is 15.1. The van der Waals surface area contributed by atoms with Gasteiger partial charge >= 0.3 is 5.97 Å². The number of carboxylic acids is 1. The Morgan fingerprint density at radius 1 is 1.50 bits per heavy atom. The standard InChI is InChI=1S/C13H15ClN2O2/c1-13(2,3)9-4-5-15-12-8(9)6-10(14)16(12)7-11(17)18/h4-6H,7H2,1-3H3,(H,17,18). The van der Waals surface area contributed by atoms with Gasteiger partial charge in [0.05, 0.1) is 0 Å². The van der Waals surface area contributed by atoms with Crippen LogP contribution in [-0.4, -0.2) is 20.6 Å². The van der Waals surface area contributed by atoms with Gasteiger partial charge in [-0.15, -0.1) is 0 Å². The third-order valence-corrected chi connectivity index (χ3v) is 3.16. The molecule has 4 nitrogen and oxygen atoms in total. The minimum absolute atomic E-state index is 0.0417. The van der Waals surface area contributed by atoms with Gasteiger partial charge in [-0.3, -0.25) is 4.79 Å². The minimum Gasteiger partial charge on any atom is -0.480 e. The Morgan fingerprint density at radius 2 is 2.17 bits per heavy atom. The molecule has 0 aliphatic carbocycles. The van der Waals surface area contributed by atoms with Gasteiger partial charge in [0, 0.05) is 11.6 Å². The molecule has 0 bridgehead atoms. The van der Waals surface area contributed by atoms with Crippen molar-refractivity contribution in [2.24, 2.45) is 0 Å². The first-order valence-corrected chi connectivity index (χ1v) is 6.04. The van der Waals surface area contributed by atoms with Crippen LogP contribution >= 0.6 is 11.6 Å². The normalized spacial score (nSPS) is 12.0. The number of aromatic nitrogens is 2. The second-order valence-corrected chi connectivity index (χ2v) is 5.68. The smallest absolute Gasteiger partial charge is 0.323 e. The molecule has 0 saturated heterocycles. The molecule has 0 fully saturated rings. The first-order chi connectivity index (χ1) is 8.30. The number of fused-ring (bicyclic) bond motifs is 1. The number of rotatable bonds is 2. The number of hydrogen-bond donors (Lipinski definition) is 1. The number of pyridine rings is 1. The molecule has 2 aromatic heterocycles. The second kappa shape index (κ2) is 4.28. The van der Waals surface area contributed by atoms with E-state index in [0.717, 1.165) is 10.9 Å². The fourth-order valence-corrected chi connectivity index (χ4v) is 2.31. The van der Waals surface area contributed by atoms with Crippen molar-refractivity contribution in [3.8, 4) is 0 Å². The summed E-state index contributed by atoms with van der Waals surface area (Å²) in [7, 11) is 0. The number of halogens is 1. The Bertz CT molecular complexity index is 611. The van der Waals surface area contributed by atoms with Gasteiger partial charge in [-0.1, -0.05) is 32.4 Å². The van der Waals surface area contributed by atoms with Crippen LogP contribution in [0.25, 0.3) is 11.0 Å². The first kappa shape index (κ1) is 12.9. The van der Waals surface area contributed by atoms with E-state index in [9.17, 15) is 4.79 Å². The third-order valence-electron chi connectivity index (χ3n) is 2.85. The molecule has 2 aromatic rings. The summed E-state index contributed by atoms with van der Waals surface area (Å²) in [6.07, 6.45) is 1.69. The molecule has 0 aromatic carbocycles. The maximum absolute atomic E-state index is 10.8. The summed E-state index contributed by atoms with van der Waals surface area (Å²) in [5, 5.41) is 10.2. The van der Waals surface area contributed by atoms with Crippen molar-refractivity contribution in [2.75, 3.05) is 0 Å². The molecule has 0 saturated carbocycles. The molecule has 0 aliphatic rings. The average molecular weight is 267 g/mol. The van der Waals surface area contributed by atoms with E-state index < -0.39 is 5.97 Å². The van der Waals surface area contributed by atoms with Gasteiger partial charge in [-0.05, 0) is 23.1 Å². The number of nitrogens with zero attached hydrogens (tertiary/aromatic N) is 2. The van der Waals surface area contributed by atoms with Crippen molar-refractivity contribution in [2.45, 2.75) is 32.7 Å². The van der Waals surface area contributed by atoms with Gasteiger partial charge in [0.2, 0.25) is 0 Å². The summed E-state index contributed by atoms with van der Waals surface area (Å²) >= 11 is 6.09. The SMILES string of the molecule is CC(C)(C)c1ccnc2c1cc(Cl)n2CC(=O)O. The lowest BCUT2D eigenvalue weighted by molar-refractivity contribution is -0.137. The zero-order chi connectivity index (χ0) is 13.5. The fraction of sp³-hybridized carbons (Fsp3) is 0.385. The van der Waals surface area contributed by atoms with Crippen LogP contribution in [0.3, 0.4) is 0 Å². The molecule has 0 atom stereocenters. The second-order valence-electron chi connectivity index (χ2n) is 5.29. The molecule has 2 heterocycles. The molecule has 5 heteroatoms. The van der Waals surface area contributed by atoms with E-state index in [2.05, 4.69) is 25.8 Å². The maximum Gasteiger partial charge on any atom is 0.323 e. The molecule has 96 valence electrons. The van der Waals surface area contributed by atoms with Crippen LogP contribution in [0.4, 0.5) is 0 Å². The van der Waals surface area contributed by atoms with E-state index in [4.69, 9.17) is 16.7 Å². The van der Waals surface area contributed by atoms with Gasteiger partial charge in [-0.25, -0.2) is 4.98 Å². The maximum atomic E-state index is 10.8. The van der Waals surface area contributed by atoms with Crippen LogP contribution in [0.15, 0.2) is 18.3 Å². The highest BCUT2D eigenvalue weighted by Crippen LogP contribution is 2.32. The molecule has 0 amide bonds. The quantitative estimate of drug-likeness (QED) is 0.909. The molecule has 2 rings (SSSR count). The summed E-state index contributed by atoms with van der Waals surface area (Å²) in [6, 6.07) is 3.73. The summed E-state index contributed by atoms with van der Waals surface area (Å²) in [5.74, 6) is -0.933. The Morgan fingerprint density at radius 3 is 2.72 bits per heavy atom. The molecule has 18 heavy (non-hydrogen) atoms. The van der Waals surface area contributed by atoms with E-state index in [-0.39, 0.29) is 12.0 Å². The van der Waals surface area contributed by atoms with Crippen molar-refractivity contribution in [1.29, 1.82) is 0 Å². The van der Waals surface area contributed by atoms with Gasteiger partial charge in [0.15, 0.2) is 0 Å². The van der Waals surface area contributed by atoms with Crippen LogP contribution in [-0.2, 0) is 16.8 Å². The Labute approximate surface area is 110 Å². The van der Waals surface area contributed by atoms with E-state index in [1.165, 1.54) is 4.57 Å². The van der Waals surface area contributed by atoms with E-state index in [1.54, 1.807) is 12.3 Å². The monoisotopic (exact) mass is 266 g/mol. The lowest BCUT2D eigenvalue weighted by Gasteiger charge is -2.19. The number of hydrogen-bond acceptors (Lipinski definition) is 2. The Hall–Kier alpha value is -1.55.